The van der Waals surface area contributed by atoms with Gasteiger partial charge in [-0.1, -0.05) is 42.5 Å². The number of aliphatic imine (C=N–C) groups is 1. The summed E-state index contributed by atoms with van der Waals surface area (Å²) < 4.78 is 5.99. The summed E-state index contributed by atoms with van der Waals surface area (Å²) in [6, 6.07) is 15.1. The Kier molecular flexibility index (Phi) is 3.07. The number of nitrogens with zero attached hydrogens (tertiary/aromatic N) is 1. The number of hydrogen-bond donors (Lipinski definition) is 1. The van der Waals surface area contributed by atoms with E-state index in [0.29, 0.717) is 11.3 Å². The molecule has 0 saturated heterocycles. The summed E-state index contributed by atoms with van der Waals surface area (Å²) in [6.45, 7) is 0.181. The average molecular weight is 304 g/mol. The molecule has 2 aliphatic heterocycles. The molecule has 112 valence electrons. The normalized spacial score (nSPS) is 21.0. The van der Waals surface area contributed by atoms with Crippen LogP contribution < -0.4 is 5.32 Å². The number of benzene rings is 2. The molecule has 0 aromatic heterocycles. The number of anilines is 1. The van der Waals surface area contributed by atoms with Crippen molar-refractivity contribution in [2.24, 2.45) is 4.99 Å². The molecule has 0 fully saturated rings. The van der Waals surface area contributed by atoms with Crippen LogP contribution >= 0.6 is 0 Å². The molecule has 0 aliphatic carbocycles. The number of hydrogen-bond acceptors (Lipinski definition) is 4. The van der Waals surface area contributed by atoms with Gasteiger partial charge in [0.05, 0.1) is 12.1 Å². The van der Waals surface area contributed by atoms with Crippen molar-refractivity contribution in [1.82, 2.24) is 0 Å². The Balaban J connectivity index is 1.90. The first-order valence-corrected chi connectivity index (χ1v) is 7.24. The molecule has 2 aromatic carbocycles. The van der Waals surface area contributed by atoms with E-state index >= 15 is 0 Å². The molecule has 0 spiro atoms. The van der Waals surface area contributed by atoms with E-state index in [1.54, 1.807) is 0 Å². The monoisotopic (exact) mass is 304 g/mol. The van der Waals surface area contributed by atoms with Crippen LogP contribution in [-0.4, -0.2) is 18.5 Å². The first-order valence-electron chi connectivity index (χ1n) is 7.24. The minimum Gasteiger partial charge on any atom is -0.482 e. The molecule has 2 heterocycles. The third-order valence-electron chi connectivity index (χ3n) is 4.03. The number of para-hydroxylation sites is 1. The van der Waals surface area contributed by atoms with Gasteiger partial charge in [-0.05, 0) is 6.07 Å². The predicted octanol–water partition coefficient (Wildman–Crippen LogP) is 2.91. The molecule has 1 N–H and O–H groups in total. The highest BCUT2D eigenvalue weighted by molar-refractivity contribution is 6.36. The molecule has 2 aromatic rings. The van der Waals surface area contributed by atoms with Crippen LogP contribution in [0.15, 0.2) is 53.5 Å². The number of ether oxygens (including phenoxy) is 1. The Labute approximate surface area is 132 Å². The average Bonchev–Trinajstić information content (AvgIpc) is 3.09. The van der Waals surface area contributed by atoms with Crippen molar-refractivity contribution in [3.63, 3.8) is 0 Å². The molecule has 4 rings (SSSR count). The summed E-state index contributed by atoms with van der Waals surface area (Å²) in [5.41, 5.74) is 3.90. The molecule has 1 atom stereocenters. The van der Waals surface area contributed by atoms with E-state index in [-0.39, 0.29) is 18.6 Å². The fraction of sp³-hybridized carbons (Fsp3) is 0.111. The van der Waals surface area contributed by atoms with Crippen LogP contribution in [0.5, 0.6) is 0 Å². The number of nitrogens with one attached hydrogen (secondary N) is 1. The third kappa shape index (κ3) is 2.06. The molecule has 1 amide bonds. The van der Waals surface area contributed by atoms with Gasteiger partial charge < -0.3 is 10.1 Å². The maximum atomic E-state index is 12.4. The fourth-order valence-corrected chi connectivity index (χ4v) is 3.05. The van der Waals surface area contributed by atoms with Gasteiger partial charge in [0.15, 0.2) is 0 Å². The number of carbonyl (C=O) groups excluding carboxylic acids is 2. The molecular formula is C18H12N2O3. The van der Waals surface area contributed by atoms with Crippen LogP contribution in [0.2, 0.25) is 0 Å². The van der Waals surface area contributed by atoms with Crippen molar-refractivity contribution >= 4 is 29.0 Å². The van der Waals surface area contributed by atoms with Gasteiger partial charge in [-0.3, -0.25) is 4.79 Å². The summed E-state index contributed by atoms with van der Waals surface area (Å²) in [4.78, 5) is 26.4. The van der Waals surface area contributed by atoms with Gasteiger partial charge in [0, 0.05) is 22.4 Å². The Morgan fingerprint density at radius 2 is 1.83 bits per heavy atom. The minimum atomic E-state index is -0.379. The van der Waals surface area contributed by atoms with E-state index in [1.165, 1.54) is 6.08 Å². The predicted molar refractivity (Wildman–Crippen MR) is 85.1 cm³/mol. The fourth-order valence-electron chi connectivity index (χ4n) is 3.05. The summed E-state index contributed by atoms with van der Waals surface area (Å²) in [5, 5.41) is 2.85. The molecular weight excluding hydrogens is 292 g/mol. The van der Waals surface area contributed by atoms with Gasteiger partial charge in [0.1, 0.15) is 11.9 Å². The first kappa shape index (κ1) is 13.5. The van der Waals surface area contributed by atoms with Crippen LogP contribution in [0.3, 0.4) is 0 Å². The first-order chi connectivity index (χ1) is 11.3. The van der Waals surface area contributed by atoms with Gasteiger partial charge in [-0.15, -0.1) is 0 Å². The number of fused-ring (bicyclic) bond motifs is 2. The molecule has 5 heteroatoms. The second kappa shape index (κ2) is 5.23. The molecule has 5 nitrogen and oxygen atoms in total. The summed E-state index contributed by atoms with van der Waals surface area (Å²) >= 11 is 0. The highest BCUT2D eigenvalue weighted by Crippen LogP contribution is 2.45. The summed E-state index contributed by atoms with van der Waals surface area (Å²) in [6.07, 6.45) is 1.15. The minimum absolute atomic E-state index is 0.181. The van der Waals surface area contributed by atoms with E-state index < -0.39 is 0 Å². The van der Waals surface area contributed by atoms with E-state index in [1.807, 2.05) is 48.5 Å². The standard InChI is InChI=1S/C18H12N2O3/c21-10-19-9-15-11-5-1-2-6-12(11)17(23-15)16-13-7-3-4-8-14(13)20-18(16)22/h1-8,15H,9H2,(H,20,22)/b17-16+. The van der Waals surface area contributed by atoms with Crippen LogP contribution in [0.4, 0.5) is 5.69 Å². The molecule has 2 aliphatic rings. The van der Waals surface area contributed by atoms with Crippen LogP contribution in [0, 0.1) is 0 Å². The Bertz CT molecular complexity index is 895. The van der Waals surface area contributed by atoms with Gasteiger partial charge in [-0.2, -0.15) is 0 Å². The van der Waals surface area contributed by atoms with E-state index in [4.69, 9.17) is 4.74 Å². The molecule has 1 unspecified atom stereocenters. The number of carbonyl (C=O) groups is 1. The number of rotatable bonds is 2. The smallest absolute Gasteiger partial charge is 0.260 e. The maximum Gasteiger partial charge on any atom is 0.260 e. The van der Waals surface area contributed by atoms with Crippen molar-refractivity contribution < 1.29 is 14.3 Å². The lowest BCUT2D eigenvalue weighted by molar-refractivity contribution is -0.110. The lowest BCUT2D eigenvalue weighted by atomic mass is 9.99. The van der Waals surface area contributed by atoms with Gasteiger partial charge >= 0.3 is 0 Å². The second-order valence-corrected chi connectivity index (χ2v) is 5.33. The summed E-state index contributed by atoms with van der Waals surface area (Å²) in [7, 11) is 0. The second-order valence-electron chi connectivity index (χ2n) is 5.33. The Morgan fingerprint density at radius 1 is 1.09 bits per heavy atom. The van der Waals surface area contributed by atoms with Crippen LogP contribution in [0.25, 0.3) is 11.3 Å². The zero-order valence-corrected chi connectivity index (χ0v) is 12.1. The van der Waals surface area contributed by atoms with Crippen molar-refractivity contribution in [3.8, 4) is 0 Å². The molecule has 0 radical (unpaired) electrons. The highest BCUT2D eigenvalue weighted by Gasteiger charge is 2.35. The largest absolute Gasteiger partial charge is 0.482 e. The van der Waals surface area contributed by atoms with E-state index in [2.05, 4.69) is 10.3 Å². The topological polar surface area (TPSA) is 67.8 Å². The van der Waals surface area contributed by atoms with Crippen LogP contribution in [-0.2, 0) is 14.3 Å². The van der Waals surface area contributed by atoms with E-state index in [9.17, 15) is 9.59 Å². The molecule has 0 saturated carbocycles. The van der Waals surface area contributed by atoms with Crippen molar-refractivity contribution in [3.05, 3.63) is 65.2 Å². The van der Waals surface area contributed by atoms with Crippen LogP contribution in [0.1, 0.15) is 22.8 Å². The number of amides is 1. The SMILES string of the molecule is O=C=NCC1O/C(=C2/C(=O)Nc3ccccc32)c2ccccc21. The van der Waals surface area contributed by atoms with E-state index in [0.717, 1.165) is 22.4 Å². The lowest BCUT2D eigenvalue weighted by Gasteiger charge is -2.09. The van der Waals surface area contributed by atoms with Crippen molar-refractivity contribution in [1.29, 1.82) is 0 Å². The van der Waals surface area contributed by atoms with Gasteiger partial charge in [0.25, 0.3) is 5.91 Å². The zero-order valence-electron chi connectivity index (χ0n) is 12.1. The van der Waals surface area contributed by atoms with Crippen molar-refractivity contribution in [2.75, 3.05) is 11.9 Å². The zero-order chi connectivity index (χ0) is 15.8. The third-order valence-corrected chi connectivity index (χ3v) is 4.03. The van der Waals surface area contributed by atoms with Gasteiger partial charge in [0.2, 0.25) is 6.08 Å². The Morgan fingerprint density at radius 3 is 2.65 bits per heavy atom. The Hall–Kier alpha value is -3.17. The van der Waals surface area contributed by atoms with Gasteiger partial charge in [-0.25, -0.2) is 9.79 Å². The quantitative estimate of drug-likeness (QED) is 0.527. The molecule has 0 bridgehead atoms. The van der Waals surface area contributed by atoms with Crippen molar-refractivity contribution in [2.45, 2.75) is 6.10 Å². The maximum absolute atomic E-state index is 12.4. The number of isocyanates is 1. The summed E-state index contributed by atoms with van der Waals surface area (Å²) in [5.74, 6) is 0.352. The highest BCUT2D eigenvalue weighted by atomic mass is 16.5. The molecule has 23 heavy (non-hydrogen) atoms. The lowest BCUT2D eigenvalue weighted by Crippen LogP contribution is -2.06.